The molecule has 1 heterocycles. The van der Waals surface area contributed by atoms with E-state index in [9.17, 15) is 8.42 Å². The van der Waals surface area contributed by atoms with Crippen molar-refractivity contribution < 1.29 is 17.8 Å². The van der Waals surface area contributed by atoms with E-state index in [0.29, 0.717) is 12.0 Å². The lowest BCUT2D eigenvalue weighted by Crippen LogP contribution is -2.32. The highest BCUT2D eigenvalue weighted by atomic mass is 32.2. The molecule has 94 valence electrons. The Morgan fingerprint density at radius 2 is 2.00 bits per heavy atom. The average Bonchev–Trinajstić information content (AvgIpc) is 2.14. The van der Waals surface area contributed by atoms with E-state index in [4.69, 9.17) is 4.55 Å². The fourth-order valence-corrected chi connectivity index (χ4v) is 1.91. The predicted octanol–water partition coefficient (Wildman–Crippen LogP) is 1.18. The molecule has 0 aromatic heterocycles. The molecule has 0 unspecified atom stereocenters. The van der Waals surface area contributed by atoms with Gasteiger partial charge in [-0.2, -0.15) is 8.42 Å². The van der Waals surface area contributed by atoms with Crippen LogP contribution in [0.3, 0.4) is 0 Å². The van der Waals surface area contributed by atoms with E-state index in [1.165, 1.54) is 6.07 Å². The summed E-state index contributed by atoms with van der Waals surface area (Å²) in [6.45, 7) is 5.42. The van der Waals surface area contributed by atoms with Crippen LogP contribution in [0, 0.1) is 0 Å². The third-order valence-electron chi connectivity index (χ3n) is 2.02. The summed E-state index contributed by atoms with van der Waals surface area (Å²) in [6.07, 6.45) is 2.01. The van der Waals surface area contributed by atoms with E-state index in [-0.39, 0.29) is 4.90 Å². The molecule has 5 nitrogen and oxygen atoms in total. The van der Waals surface area contributed by atoms with Crippen molar-refractivity contribution in [2.45, 2.75) is 11.3 Å². The molecule has 1 aromatic rings. The van der Waals surface area contributed by atoms with Gasteiger partial charge in [-0.05, 0) is 18.1 Å². The topological polar surface area (TPSA) is 75.6 Å². The van der Waals surface area contributed by atoms with Gasteiger partial charge in [0.15, 0.2) is 0 Å². The van der Waals surface area contributed by atoms with Crippen LogP contribution >= 0.6 is 0 Å². The first kappa shape index (κ1) is 13.9. The molecule has 1 aromatic carbocycles. The van der Waals surface area contributed by atoms with Crippen LogP contribution in [-0.2, 0) is 21.4 Å². The summed E-state index contributed by atoms with van der Waals surface area (Å²) in [7, 11) is -4.10. The van der Waals surface area contributed by atoms with E-state index in [1.807, 2.05) is 0 Å². The molecule has 2 rings (SSSR count). The van der Waals surface area contributed by atoms with Crippen LogP contribution in [0.1, 0.15) is 5.56 Å². The summed E-state index contributed by atoms with van der Waals surface area (Å²) in [5, 5.41) is 0. The summed E-state index contributed by atoms with van der Waals surface area (Å²) in [5.74, 6) is 0. The molecule has 0 saturated carbocycles. The van der Waals surface area contributed by atoms with Crippen LogP contribution in [0.25, 0.3) is 0 Å². The molecule has 2 N–H and O–H groups in total. The number of hydrogen-bond donors (Lipinski definition) is 2. The number of nitrogens with one attached hydrogen (secondary N) is 1. The highest BCUT2D eigenvalue weighted by molar-refractivity contribution is 7.85. The second-order valence-corrected chi connectivity index (χ2v) is 4.71. The van der Waals surface area contributed by atoms with Crippen molar-refractivity contribution in [3.63, 3.8) is 0 Å². The number of hydrogen-bond acceptors (Lipinski definition) is 4. The van der Waals surface area contributed by atoms with Gasteiger partial charge in [-0.25, -0.2) is 5.48 Å². The molecule has 0 radical (unpaired) electrons. The molecule has 0 bridgehead atoms. The predicted molar refractivity (Wildman–Crippen MR) is 64.1 cm³/mol. The van der Waals surface area contributed by atoms with Crippen LogP contribution in [0.15, 0.2) is 41.8 Å². The van der Waals surface area contributed by atoms with Gasteiger partial charge < -0.3 is 4.84 Å². The van der Waals surface area contributed by atoms with Crippen LogP contribution in [0.5, 0.6) is 0 Å². The molecule has 0 amide bonds. The lowest BCUT2D eigenvalue weighted by molar-refractivity contribution is -0.0478. The van der Waals surface area contributed by atoms with Crippen molar-refractivity contribution in [2.24, 2.45) is 0 Å². The van der Waals surface area contributed by atoms with Crippen molar-refractivity contribution in [3.05, 3.63) is 42.5 Å². The van der Waals surface area contributed by atoms with Gasteiger partial charge in [-0.3, -0.25) is 4.55 Å². The molecule has 1 aliphatic heterocycles. The Balaban J connectivity index is 0.000000302. The molecule has 1 saturated heterocycles. The largest absolute Gasteiger partial charge is 0.300 e. The van der Waals surface area contributed by atoms with Crippen molar-refractivity contribution in [1.82, 2.24) is 5.48 Å². The first-order valence-corrected chi connectivity index (χ1v) is 6.50. The quantitative estimate of drug-likeness (QED) is 0.628. The summed E-state index contributed by atoms with van der Waals surface area (Å²) < 4.78 is 30.5. The fourth-order valence-electron chi connectivity index (χ4n) is 1.18. The van der Waals surface area contributed by atoms with Crippen LogP contribution < -0.4 is 5.48 Å². The average molecular weight is 257 g/mol. The second-order valence-electron chi connectivity index (χ2n) is 3.32. The minimum Gasteiger partial charge on any atom is -0.300 e. The highest BCUT2D eigenvalue weighted by Crippen LogP contribution is 2.15. The number of benzene rings is 1. The summed E-state index contributed by atoms with van der Waals surface area (Å²) in [4.78, 5) is 4.43. The zero-order chi connectivity index (χ0) is 12.7. The standard InChI is InChI=1S/C9H10O3S.C2H5NO/c1-2-5-8-6-3-4-7-9(8)13(10,11)12;1-2-4-3-1/h2-4,6-7H,1,5H2,(H,10,11,12);3H,1-2H2. The maximum atomic E-state index is 10.8. The van der Waals surface area contributed by atoms with Gasteiger partial charge in [0, 0.05) is 6.54 Å². The third kappa shape index (κ3) is 4.66. The molecule has 1 aliphatic rings. The minimum atomic E-state index is -4.10. The Morgan fingerprint density at radius 1 is 1.47 bits per heavy atom. The van der Waals surface area contributed by atoms with Crippen LogP contribution in [-0.4, -0.2) is 26.1 Å². The molecular weight excluding hydrogens is 242 g/mol. The Morgan fingerprint density at radius 3 is 2.41 bits per heavy atom. The number of hydroxylamine groups is 1. The first-order valence-electron chi connectivity index (χ1n) is 5.06. The second kappa shape index (κ2) is 6.51. The van der Waals surface area contributed by atoms with E-state index < -0.39 is 10.1 Å². The zero-order valence-electron chi connectivity index (χ0n) is 9.30. The van der Waals surface area contributed by atoms with E-state index in [1.54, 1.807) is 24.3 Å². The van der Waals surface area contributed by atoms with Crippen LogP contribution in [0.2, 0.25) is 0 Å². The Kier molecular flexibility index (Phi) is 5.30. The molecule has 1 fully saturated rings. The number of allylic oxidation sites excluding steroid dienone is 1. The normalized spacial score (nSPS) is 14.2. The van der Waals surface area contributed by atoms with Gasteiger partial charge in [0.25, 0.3) is 10.1 Å². The maximum absolute atomic E-state index is 10.8. The molecule has 0 aliphatic carbocycles. The number of rotatable bonds is 3. The van der Waals surface area contributed by atoms with Gasteiger partial charge in [0.2, 0.25) is 0 Å². The van der Waals surface area contributed by atoms with Gasteiger partial charge in [0.05, 0.1) is 11.5 Å². The fraction of sp³-hybridized carbons (Fsp3) is 0.273. The smallest absolute Gasteiger partial charge is 0.294 e. The SMILES string of the molecule is C1CON1.C=CCc1ccccc1S(=O)(=O)O. The van der Waals surface area contributed by atoms with E-state index in [0.717, 1.165) is 13.2 Å². The Labute approximate surface area is 101 Å². The summed E-state index contributed by atoms with van der Waals surface area (Å²) >= 11 is 0. The lowest BCUT2D eigenvalue weighted by Gasteiger charge is -2.10. The summed E-state index contributed by atoms with van der Waals surface area (Å²) in [5.41, 5.74) is 3.17. The highest BCUT2D eigenvalue weighted by Gasteiger charge is 2.12. The molecule has 17 heavy (non-hydrogen) atoms. The van der Waals surface area contributed by atoms with Crippen molar-refractivity contribution in [2.75, 3.05) is 13.2 Å². The van der Waals surface area contributed by atoms with E-state index >= 15 is 0 Å². The maximum Gasteiger partial charge on any atom is 0.294 e. The van der Waals surface area contributed by atoms with Crippen LogP contribution in [0.4, 0.5) is 0 Å². The first-order chi connectivity index (χ1) is 8.05. The lowest BCUT2D eigenvalue weighted by atomic mass is 10.1. The van der Waals surface area contributed by atoms with Crippen molar-refractivity contribution >= 4 is 10.1 Å². The Hall–Kier alpha value is -1.21. The third-order valence-corrected chi connectivity index (χ3v) is 2.98. The van der Waals surface area contributed by atoms with Gasteiger partial charge >= 0.3 is 0 Å². The van der Waals surface area contributed by atoms with E-state index in [2.05, 4.69) is 16.9 Å². The molecule has 0 atom stereocenters. The summed E-state index contributed by atoms with van der Waals surface area (Å²) in [6, 6.07) is 6.29. The molecule has 6 heteroatoms. The molecular formula is C11H15NO4S. The monoisotopic (exact) mass is 257 g/mol. The van der Waals surface area contributed by atoms with Gasteiger partial charge in [-0.1, -0.05) is 24.3 Å². The van der Waals surface area contributed by atoms with Crippen molar-refractivity contribution in [1.29, 1.82) is 0 Å². The minimum absolute atomic E-state index is 0.0464. The Bertz CT molecular complexity index is 462. The molecule has 0 spiro atoms. The van der Waals surface area contributed by atoms with Gasteiger partial charge in [0.1, 0.15) is 0 Å². The zero-order valence-corrected chi connectivity index (χ0v) is 10.1. The van der Waals surface area contributed by atoms with Crippen molar-refractivity contribution in [3.8, 4) is 0 Å². The van der Waals surface area contributed by atoms with Gasteiger partial charge in [-0.15, -0.1) is 6.58 Å².